The van der Waals surface area contributed by atoms with Gasteiger partial charge in [0.25, 0.3) is 5.91 Å². The van der Waals surface area contributed by atoms with Gasteiger partial charge in [-0.3, -0.25) is 4.79 Å². The van der Waals surface area contributed by atoms with E-state index in [2.05, 4.69) is 29.6 Å². The topological polar surface area (TPSA) is 56.8 Å². The van der Waals surface area contributed by atoms with Crippen LogP contribution in [-0.4, -0.2) is 11.7 Å². The second-order valence-electron chi connectivity index (χ2n) is 11.4. The van der Waals surface area contributed by atoms with Crippen LogP contribution in [0.4, 0.5) is 5.69 Å². The number of fused-ring (bicyclic) bond motifs is 1. The number of hydrogen-bond acceptors (Lipinski definition) is 5. The van der Waals surface area contributed by atoms with E-state index >= 15 is 4.79 Å². The molecule has 206 valence electrons. The van der Waals surface area contributed by atoms with Crippen LogP contribution in [0.15, 0.2) is 146 Å². The predicted molar refractivity (Wildman–Crippen MR) is 159 cm³/mol. The Bertz CT molecular complexity index is 1680. The summed E-state index contributed by atoms with van der Waals surface area (Å²) < 4.78 is 7.22. The molecular formula is C37H29NO4. The average Bonchev–Trinajstić information content (AvgIpc) is 3.39. The number of para-hydroxylation sites is 1. The van der Waals surface area contributed by atoms with Crippen LogP contribution in [0.1, 0.15) is 45.5 Å². The van der Waals surface area contributed by atoms with Crippen molar-refractivity contribution < 1.29 is 19.3 Å². The summed E-state index contributed by atoms with van der Waals surface area (Å²) in [4.78, 5) is 28.3. The average molecular weight is 552 g/mol. The van der Waals surface area contributed by atoms with Crippen molar-refractivity contribution in [3.05, 3.63) is 173 Å². The number of carbonyl (C=O) groups excluding carboxylic acids is 1. The molecule has 5 nitrogen and oxygen atoms in total. The fourth-order valence-corrected chi connectivity index (χ4v) is 7.27. The Balaban J connectivity index is 1.41. The quantitative estimate of drug-likeness (QED) is 0.233. The maximum atomic E-state index is 15.1. The summed E-state index contributed by atoms with van der Waals surface area (Å²) in [6, 6.07) is 47.9. The van der Waals surface area contributed by atoms with E-state index in [0.717, 1.165) is 22.3 Å². The Morgan fingerprint density at radius 2 is 0.929 bits per heavy atom. The summed E-state index contributed by atoms with van der Waals surface area (Å²) in [5.74, 6) is -1.61. The molecule has 0 bridgehead atoms. The second-order valence-corrected chi connectivity index (χ2v) is 11.4. The van der Waals surface area contributed by atoms with Crippen LogP contribution < -0.4 is 5.32 Å². The third-order valence-corrected chi connectivity index (χ3v) is 9.22. The van der Waals surface area contributed by atoms with Gasteiger partial charge in [-0.05, 0) is 34.4 Å². The fraction of sp³-hybridized carbons (Fsp3) is 0.162. The number of benzene rings is 5. The first-order chi connectivity index (χ1) is 20.6. The van der Waals surface area contributed by atoms with Gasteiger partial charge >= 0.3 is 0 Å². The number of nitrogens with one attached hydrogen (secondary N) is 1. The third-order valence-electron chi connectivity index (χ3n) is 9.22. The summed E-state index contributed by atoms with van der Waals surface area (Å²) >= 11 is 0. The molecule has 3 aliphatic rings. The molecule has 2 saturated heterocycles. The Kier molecular flexibility index (Phi) is 5.53. The van der Waals surface area contributed by atoms with Crippen LogP contribution in [-0.2, 0) is 25.7 Å². The summed E-state index contributed by atoms with van der Waals surface area (Å²) in [5, 5.41) is 3.54. The Hall–Kier alpha value is -4.55. The van der Waals surface area contributed by atoms with Gasteiger partial charge in [0.05, 0.1) is 0 Å². The zero-order valence-electron chi connectivity index (χ0n) is 22.9. The molecule has 0 saturated carbocycles. The summed E-state index contributed by atoms with van der Waals surface area (Å²) in [5.41, 5.74) is 1.74. The smallest absolute Gasteiger partial charge is 0.294 e. The molecule has 0 amide bonds. The lowest BCUT2D eigenvalue weighted by Crippen LogP contribution is -2.66. The fourth-order valence-electron chi connectivity index (χ4n) is 7.27. The number of Topliss-reactive ketones (excluding diaryl/α,β-unsaturated/α-hetero) is 1. The lowest BCUT2D eigenvalue weighted by molar-refractivity contribution is -0.498. The van der Waals surface area contributed by atoms with Crippen LogP contribution in [0.3, 0.4) is 0 Å². The molecule has 3 aliphatic heterocycles. The van der Waals surface area contributed by atoms with Crippen molar-refractivity contribution in [2.45, 2.75) is 30.0 Å². The van der Waals surface area contributed by atoms with Crippen LogP contribution in [0.2, 0.25) is 0 Å². The number of ether oxygens (including phenoxy) is 1. The van der Waals surface area contributed by atoms with E-state index in [1.807, 2.05) is 121 Å². The molecule has 3 heterocycles. The molecule has 0 aromatic heterocycles. The molecule has 8 rings (SSSR count). The van der Waals surface area contributed by atoms with Crippen molar-refractivity contribution in [3.63, 3.8) is 0 Å². The van der Waals surface area contributed by atoms with Crippen molar-refractivity contribution in [2.24, 2.45) is 5.41 Å². The zero-order chi connectivity index (χ0) is 28.3. The predicted octanol–water partition coefficient (Wildman–Crippen LogP) is 7.59. The molecular weight excluding hydrogens is 522 g/mol. The van der Waals surface area contributed by atoms with E-state index in [9.17, 15) is 0 Å². The third kappa shape index (κ3) is 3.39. The maximum absolute atomic E-state index is 15.1. The minimum Gasteiger partial charge on any atom is -0.331 e. The zero-order valence-corrected chi connectivity index (χ0v) is 22.9. The van der Waals surface area contributed by atoms with E-state index < -0.39 is 22.5 Å². The van der Waals surface area contributed by atoms with Gasteiger partial charge in [0.2, 0.25) is 0 Å². The highest BCUT2D eigenvalue weighted by Gasteiger charge is 2.77. The number of hydrogen-bond donors (Lipinski definition) is 1. The molecule has 0 radical (unpaired) electrons. The summed E-state index contributed by atoms with van der Waals surface area (Å²) in [7, 11) is 0. The molecule has 1 N–H and O–H groups in total. The Morgan fingerprint density at radius 1 is 0.500 bits per heavy atom. The highest BCUT2D eigenvalue weighted by Crippen LogP contribution is 2.68. The minimum absolute atomic E-state index is 0.0230. The molecule has 0 aliphatic carbocycles. The Morgan fingerprint density at radius 3 is 1.45 bits per heavy atom. The van der Waals surface area contributed by atoms with E-state index in [1.54, 1.807) is 0 Å². The van der Waals surface area contributed by atoms with Gasteiger partial charge in [0, 0.05) is 24.1 Å². The first-order valence-electron chi connectivity index (χ1n) is 14.3. The summed E-state index contributed by atoms with van der Waals surface area (Å²) in [6.07, 6.45) is 0.647. The lowest BCUT2D eigenvalue weighted by atomic mass is 9.60. The molecule has 2 atom stereocenters. The molecule has 5 aromatic carbocycles. The first kappa shape index (κ1) is 25.2. The highest BCUT2D eigenvalue weighted by atomic mass is 17.2. The lowest BCUT2D eigenvalue weighted by Gasteiger charge is -2.54. The van der Waals surface area contributed by atoms with E-state index in [1.165, 1.54) is 0 Å². The molecule has 0 spiro atoms. The van der Waals surface area contributed by atoms with Crippen molar-refractivity contribution >= 4 is 11.5 Å². The monoisotopic (exact) mass is 551 g/mol. The maximum Gasteiger partial charge on any atom is 0.294 e. The second kappa shape index (κ2) is 9.23. The van der Waals surface area contributed by atoms with E-state index in [4.69, 9.17) is 14.5 Å². The molecule has 2 fully saturated rings. The standard InChI is InChI=1S/C37H29NO4/c39-33-31-23-13-14-24-32(31)38-37-34(33,25-35(40-37,27-15-5-1-6-16-27)28-17-7-2-8-18-28)26-36(41-42-37,29-19-9-3-10-20-29)30-21-11-4-12-22-30/h1-24,38H,25-26H2. The first-order valence-corrected chi connectivity index (χ1v) is 14.3. The van der Waals surface area contributed by atoms with Crippen molar-refractivity contribution in [2.75, 3.05) is 5.32 Å². The molecule has 5 heteroatoms. The molecule has 42 heavy (non-hydrogen) atoms. The van der Waals surface area contributed by atoms with Crippen molar-refractivity contribution in [1.82, 2.24) is 0 Å². The van der Waals surface area contributed by atoms with Crippen LogP contribution in [0, 0.1) is 5.41 Å². The number of rotatable bonds is 4. The number of anilines is 1. The van der Waals surface area contributed by atoms with Gasteiger partial charge in [0.1, 0.15) is 11.0 Å². The van der Waals surface area contributed by atoms with Crippen LogP contribution in [0.5, 0.6) is 0 Å². The number of carbonyl (C=O) groups is 1. The largest absolute Gasteiger partial charge is 0.331 e. The van der Waals surface area contributed by atoms with Crippen molar-refractivity contribution in [1.29, 1.82) is 0 Å². The van der Waals surface area contributed by atoms with Gasteiger partial charge in [-0.25, -0.2) is 4.89 Å². The normalized spacial score (nSPS) is 25.0. The molecule has 2 unspecified atom stereocenters. The minimum atomic E-state index is -1.59. The van der Waals surface area contributed by atoms with Gasteiger partial charge < -0.3 is 10.1 Å². The van der Waals surface area contributed by atoms with E-state index in [-0.39, 0.29) is 5.78 Å². The Labute approximate surface area is 244 Å². The molecule has 5 aromatic rings. The SMILES string of the molecule is O=C1c2ccccc2NC23OOC(c4ccccc4)(c4ccccc4)CC12CC(c1ccccc1)(c1ccccc1)O3. The van der Waals surface area contributed by atoms with Crippen LogP contribution in [0.25, 0.3) is 0 Å². The number of ketones is 1. The highest BCUT2D eigenvalue weighted by molar-refractivity contribution is 6.08. The van der Waals surface area contributed by atoms with Gasteiger partial charge in [-0.15, -0.1) is 0 Å². The van der Waals surface area contributed by atoms with Gasteiger partial charge in [-0.1, -0.05) is 133 Å². The van der Waals surface area contributed by atoms with Crippen molar-refractivity contribution in [3.8, 4) is 0 Å². The van der Waals surface area contributed by atoms with E-state index in [0.29, 0.717) is 24.1 Å². The van der Waals surface area contributed by atoms with Crippen LogP contribution >= 0.6 is 0 Å². The van der Waals surface area contributed by atoms with Gasteiger partial charge in [0.15, 0.2) is 11.4 Å². The van der Waals surface area contributed by atoms with Gasteiger partial charge in [-0.2, -0.15) is 4.89 Å². The summed E-state index contributed by atoms with van der Waals surface area (Å²) in [6.45, 7) is 0.